The van der Waals surface area contributed by atoms with E-state index in [2.05, 4.69) is 23.4 Å². The van der Waals surface area contributed by atoms with Gasteiger partial charge in [0.25, 0.3) is 0 Å². The monoisotopic (exact) mass is 454 g/mol. The van der Waals surface area contributed by atoms with Crippen LogP contribution in [-0.2, 0) is 4.79 Å². The summed E-state index contributed by atoms with van der Waals surface area (Å²) in [6.07, 6.45) is 3.39. The largest absolute Gasteiger partial charge is 0.495 e. The van der Waals surface area contributed by atoms with Crippen molar-refractivity contribution < 1.29 is 9.53 Å². The average Bonchev–Trinajstić information content (AvgIpc) is 3.21. The summed E-state index contributed by atoms with van der Waals surface area (Å²) < 4.78 is 7.42. The molecule has 31 heavy (non-hydrogen) atoms. The molecule has 0 N–H and O–H groups in total. The van der Waals surface area contributed by atoms with Crippen LogP contribution in [0.2, 0.25) is 5.02 Å². The highest BCUT2D eigenvalue weighted by Gasteiger charge is 2.22. The molecule has 1 heterocycles. The van der Waals surface area contributed by atoms with Gasteiger partial charge in [0.15, 0.2) is 11.0 Å². The van der Waals surface area contributed by atoms with Crippen molar-refractivity contribution in [1.29, 1.82) is 0 Å². The predicted octanol–water partition coefficient (Wildman–Crippen LogP) is 4.89. The van der Waals surface area contributed by atoms with Crippen LogP contribution in [0.4, 0.5) is 0 Å². The molecule has 3 rings (SSSR count). The number of amides is 1. The lowest BCUT2D eigenvalue weighted by molar-refractivity contribution is -0.127. The third-order valence-corrected chi connectivity index (χ3v) is 5.69. The summed E-state index contributed by atoms with van der Waals surface area (Å²) in [4.78, 5) is 14.4. The van der Waals surface area contributed by atoms with Crippen molar-refractivity contribution in [3.63, 3.8) is 0 Å². The van der Waals surface area contributed by atoms with Gasteiger partial charge in [0.1, 0.15) is 5.75 Å². The number of aromatic nitrogens is 3. The highest BCUT2D eigenvalue weighted by atomic mass is 35.5. The molecule has 0 aliphatic heterocycles. The Hall–Kier alpha value is -3.03. The van der Waals surface area contributed by atoms with Crippen molar-refractivity contribution in [1.82, 2.24) is 19.7 Å². The van der Waals surface area contributed by atoms with E-state index in [1.165, 1.54) is 11.8 Å². The zero-order valence-corrected chi connectivity index (χ0v) is 18.8. The molecule has 160 valence electrons. The number of thioether (sulfide) groups is 1. The second-order valence-corrected chi connectivity index (χ2v) is 7.81. The van der Waals surface area contributed by atoms with Crippen molar-refractivity contribution in [3.05, 3.63) is 78.9 Å². The van der Waals surface area contributed by atoms with Gasteiger partial charge < -0.3 is 9.64 Å². The van der Waals surface area contributed by atoms with Crippen LogP contribution >= 0.6 is 23.4 Å². The Balaban J connectivity index is 2.01. The molecule has 0 atom stereocenters. The molecule has 1 amide bonds. The maximum Gasteiger partial charge on any atom is 0.233 e. The van der Waals surface area contributed by atoms with Crippen molar-refractivity contribution in [3.8, 4) is 22.8 Å². The maximum absolute atomic E-state index is 12.7. The lowest BCUT2D eigenvalue weighted by Crippen LogP contribution is -2.32. The molecule has 0 bridgehead atoms. The molecular formula is C23H23ClN4O2S. The van der Waals surface area contributed by atoms with Gasteiger partial charge in [0, 0.05) is 18.7 Å². The molecule has 0 unspecified atom stereocenters. The van der Waals surface area contributed by atoms with Gasteiger partial charge in [0.05, 0.1) is 23.6 Å². The van der Waals surface area contributed by atoms with Gasteiger partial charge in [-0.25, -0.2) is 0 Å². The molecule has 0 fully saturated rings. The summed E-state index contributed by atoms with van der Waals surface area (Å²) in [6.45, 7) is 8.33. The topological polar surface area (TPSA) is 60.2 Å². The summed E-state index contributed by atoms with van der Waals surface area (Å²) >= 11 is 7.74. The van der Waals surface area contributed by atoms with Gasteiger partial charge >= 0.3 is 0 Å². The van der Waals surface area contributed by atoms with E-state index in [0.29, 0.717) is 34.8 Å². The number of para-hydroxylation sites is 2. The molecule has 6 nitrogen and oxygen atoms in total. The summed E-state index contributed by atoms with van der Waals surface area (Å²) in [6, 6.07) is 15.0. The van der Waals surface area contributed by atoms with Gasteiger partial charge in [-0.1, -0.05) is 59.8 Å². The normalized spacial score (nSPS) is 10.5. The first kappa shape index (κ1) is 22.7. The Morgan fingerprint density at radius 2 is 1.81 bits per heavy atom. The number of carbonyl (C=O) groups is 1. The second kappa shape index (κ2) is 10.8. The summed E-state index contributed by atoms with van der Waals surface area (Å²) in [7, 11) is 1.61. The fourth-order valence-electron chi connectivity index (χ4n) is 3.02. The lowest BCUT2D eigenvalue weighted by Gasteiger charge is -2.19. The van der Waals surface area contributed by atoms with Crippen LogP contribution < -0.4 is 4.74 Å². The molecule has 0 aliphatic carbocycles. The fraction of sp³-hybridized carbons (Fsp3) is 0.174. The second-order valence-electron chi connectivity index (χ2n) is 6.46. The zero-order valence-electron chi connectivity index (χ0n) is 17.2. The molecule has 0 saturated carbocycles. The minimum absolute atomic E-state index is 0.0429. The van der Waals surface area contributed by atoms with E-state index in [4.69, 9.17) is 16.3 Å². The van der Waals surface area contributed by atoms with Crippen LogP contribution in [0.15, 0.2) is 79.0 Å². The van der Waals surface area contributed by atoms with E-state index in [9.17, 15) is 4.79 Å². The highest BCUT2D eigenvalue weighted by Crippen LogP contribution is 2.35. The standard InChI is InChI=1S/C23H23ClN4O2S/c1-4-14-27(15-5-2)21(29)16-31-23-26-25-22(17-10-6-7-11-18(17)24)28(23)19-12-8-9-13-20(19)30-3/h4-13H,1-2,14-16H2,3H3. The number of hydrogen-bond donors (Lipinski definition) is 0. The van der Waals surface area contributed by atoms with Crippen LogP contribution in [0.5, 0.6) is 5.75 Å². The molecule has 0 saturated heterocycles. The molecule has 0 aliphatic rings. The summed E-state index contributed by atoms with van der Waals surface area (Å²) in [5, 5.41) is 9.87. The van der Waals surface area contributed by atoms with Crippen molar-refractivity contribution in [2.24, 2.45) is 0 Å². The Kier molecular flexibility index (Phi) is 7.92. The van der Waals surface area contributed by atoms with Crippen LogP contribution in [0.3, 0.4) is 0 Å². The van der Waals surface area contributed by atoms with Crippen LogP contribution in [-0.4, -0.2) is 51.5 Å². The predicted molar refractivity (Wildman–Crippen MR) is 126 cm³/mol. The van der Waals surface area contributed by atoms with Gasteiger partial charge in [-0.2, -0.15) is 0 Å². The number of carbonyl (C=O) groups excluding carboxylic acids is 1. The first-order chi connectivity index (χ1) is 15.1. The van der Waals surface area contributed by atoms with Crippen LogP contribution in [0.1, 0.15) is 0 Å². The maximum atomic E-state index is 12.7. The molecule has 0 spiro atoms. The molecule has 0 radical (unpaired) electrons. The molecule has 1 aromatic heterocycles. The van der Waals surface area contributed by atoms with Gasteiger partial charge in [-0.05, 0) is 24.3 Å². The number of benzene rings is 2. The van der Waals surface area contributed by atoms with Gasteiger partial charge in [-0.3, -0.25) is 9.36 Å². The van der Waals surface area contributed by atoms with E-state index in [1.54, 1.807) is 30.2 Å². The van der Waals surface area contributed by atoms with Gasteiger partial charge in [0.2, 0.25) is 5.91 Å². The Morgan fingerprint density at radius 3 is 2.48 bits per heavy atom. The number of nitrogens with zero attached hydrogens (tertiary/aromatic N) is 4. The Bertz CT molecular complexity index is 1070. The zero-order chi connectivity index (χ0) is 22.2. The number of ether oxygens (including phenoxy) is 1. The number of hydrogen-bond acceptors (Lipinski definition) is 5. The minimum Gasteiger partial charge on any atom is -0.495 e. The SMILES string of the molecule is C=CCN(CC=C)C(=O)CSc1nnc(-c2ccccc2Cl)n1-c1ccccc1OC. The van der Waals surface area contributed by atoms with Crippen molar-refractivity contribution >= 4 is 29.3 Å². The van der Waals surface area contributed by atoms with E-state index in [1.807, 2.05) is 47.0 Å². The molecule has 8 heteroatoms. The van der Waals surface area contributed by atoms with E-state index >= 15 is 0 Å². The molecule has 2 aromatic carbocycles. The van der Waals surface area contributed by atoms with Crippen molar-refractivity contribution in [2.45, 2.75) is 5.16 Å². The third kappa shape index (κ3) is 5.18. The Labute approximate surface area is 191 Å². The lowest BCUT2D eigenvalue weighted by atomic mass is 10.2. The smallest absolute Gasteiger partial charge is 0.233 e. The van der Waals surface area contributed by atoms with Crippen molar-refractivity contribution in [2.75, 3.05) is 26.0 Å². The van der Waals surface area contributed by atoms with E-state index < -0.39 is 0 Å². The summed E-state index contributed by atoms with van der Waals surface area (Å²) in [5.74, 6) is 1.37. The average molecular weight is 455 g/mol. The first-order valence-electron chi connectivity index (χ1n) is 9.56. The number of methoxy groups -OCH3 is 1. The Morgan fingerprint density at radius 1 is 1.13 bits per heavy atom. The number of rotatable bonds is 10. The highest BCUT2D eigenvalue weighted by molar-refractivity contribution is 7.99. The van der Waals surface area contributed by atoms with Crippen LogP contribution in [0, 0.1) is 0 Å². The van der Waals surface area contributed by atoms with Crippen LogP contribution in [0.25, 0.3) is 17.1 Å². The molecular weight excluding hydrogens is 432 g/mol. The first-order valence-corrected chi connectivity index (χ1v) is 10.9. The quantitative estimate of drug-likeness (QED) is 0.322. The van der Waals surface area contributed by atoms with E-state index in [-0.39, 0.29) is 11.7 Å². The fourth-order valence-corrected chi connectivity index (χ4v) is 4.09. The summed E-state index contributed by atoms with van der Waals surface area (Å²) in [5.41, 5.74) is 1.49. The minimum atomic E-state index is -0.0429. The van der Waals surface area contributed by atoms with Gasteiger partial charge in [-0.15, -0.1) is 23.4 Å². The third-order valence-electron chi connectivity index (χ3n) is 4.45. The molecule has 3 aromatic rings. The number of halogens is 1. The van der Waals surface area contributed by atoms with E-state index in [0.717, 1.165) is 11.3 Å².